The lowest BCUT2D eigenvalue weighted by atomic mass is 9.97. The minimum atomic E-state index is -0.0512. The van der Waals surface area contributed by atoms with E-state index >= 15 is 0 Å². The summed E-state index contributed by atoms with van der Waals surface area (Å²) in [5, 5.41) is 0.624. The van der Waals surface area contributed by atoms with Crippen molar-refractivity contribution in [2.75, 3.05) is 0 Å². The van der Waals surface area contributed by atoms with Crippen molar-refractivity contribution < 1.29 is 4.79 Å². The van der Waals surface area contributed by atoms with Gasteiger partial charge in [-0.05, 0) is 24.1 Å². The van der Waals surface area contributed by atoms with E-state index in [1.807, 2.05) is 24.3 Å². The van der Waals surface area contributed by atoms with Gasteiger partial charge < -0.3 is 5.73 Å². The van der Waals surface area contributed by atoms with E-state index in [0.29, 0.717) is 17.9 Å². The van der Waals surface area contributed by atoms with Gasteiger partial charge in [0.05, 0.1) is 0 Å². The monoisotopic (exact) mass is 313 g/mol. The molecule has 2 N–H and O–H groups in total. The molecule has 0 fully saturated rings. The number of ketones is 1. The van der Waals surface area contributed by atoms with E-state index in [2.05, 4.69) is 15.9 Å². The van der Waals surface area contributed by atoms with E-state index in [4.69, 9.17) is 17.3 Å². The number of nitrogens with two attached hydrogens (primary N) is 1. The van der Waals surface area contributed by atoms with Crippen molar-refractivity contribution in [2.45, 2.75) is 18.9 Å². The molecule has 2 nitrogen and oxygen atoms in total. The highest BCUT2D eigenvalue weighted by atomic mass is 79.9. The molecular formula is C13H13BrClNO. The van der Waals surface area contributed by atoms with Gasteiger partial charge in [-0.25, -0.2) is 0 Å². The Morgan fingerprint density at radius 3 is 2.82 bits per heavy atom. The second-order valence-electron chi connectivity index (χ2n) is 4.27. The predicted molar refractivity (Wildman–Crippen MR) is 73.1 cm³/mol. The fraction of sp³-hybridized carbons (Fsp3) is 0.308. The van der Waals surface area contributed by atoms with Gasteiger partial charge >= 0.3 is 0 Å². The van der Waals surface area contributed by atoms with Gasteiger partial charge in [-0.15, -0.1) is 0 Å². The maximum Gasteiger partial charge on any atom is 0.144 e. The molecule has 90 valence electrons. The van der Waals surface area contributed by atoms with Crippen LogP contribution < -0.4 is 5.73 Å². The molecule has 0 aromatic heterocycles. The minimum Gasteiger partial charge on any atom is -0.324 e. The highest BCUT2D eigenvalue weighted by Crippen LogP contribution is 2.25. The molecule has 0 saturated heterocycles. The summed E-state index contributed by atoms with van der Waals surface area (Å²) in [6, 6.07) is 5.60. The summed E-state index contributed by atoms with van der Waals surface area (Å²) in [6.45, 7) is 0. The molecule has 1 aliphatic carbocycles. The van der Waals surface area contributed by atoms with Crippen molar-refractivity contribution >= 4 is 33.3 Å². The topological polar surface area (TPSA) is 43.1 Å². The zero-order chi connectivity index (χ0) is 12.4. The standard InChI is InChI=1S/C13H13BrClNO/c14-10-3-1-8(12(15)7-10)6-13(17)9-2-4-11(16)5-9/h1-4,7,9,11H,5-6,16H2. The summed E-state index contributed by atoms with van der Waals surface area (Å²) in [7, 11) is 0. The Labute approximate surface area is 114 Å². The van der Waals surface area contributed by atoms with E-state index < -0.39 is 0 Å². The van der Waals surface area contributed by atoms with Crippen molar-refractivity contribution in [1.82, 2.24) is 0 Å². The molecule has 0 saturated carbocycles. The minimum absolute atomic E-state index is 0.0179. The Kier molecular flexibility index (Phi) is 4.02. The number of rotatable bonds is 3. The lowest BCUT2D eigenvalue weighted by Gasteiger charge is -2.09. The fourth-order valence-electron chi connectivity index (χ4n) is 1.95. The fourth-order valence-corrected chi connectivity index (χ4v) is 2.69. The SMILES string of the molecule is NC1C=CC(C(=O)Cc2ccc(Br)cc2Cl)C1. The third kappa shape index (κ3) is 3.18. The van der Waals surface area contributed by atoms with E-state index in [1.165, 1.54) is 0 Å². The van der Waals surface area contributed by atoms with Crippen LogP contribution in [0.25, 0.3) is 0 Å². The van der Waals surface area contributed by atoms with Gasteiger partial charge in [0.2, 0.25) is 0 Å². The number of carbonyl (C=O) groups excluding carboxylic acids is 1. The Morgan fingerprint density at radius 1 is 1.47 bits per heavy atom. The van der Waals surface area contributed by atoms with Gasteiger partial charge in [0.25, 0.3) is 0 Å². The summed E-state index contributed by atoms with van der Waals surface area (Å²) in [6.07, 6.45) is 4.88. The Balaban J connectivity index is 2.06. The van der Waals surface area contributed by atoms with Crippen LogP contribution in [0.15, 0.2) is 34.8 Å². The van der Waals surface area contributed by atoms with Gasteiger partial charge in [-0.3, -0.25) is 4.79 Å². The van der Waals surface area contributed by atoms with Crippen molar-refractivity contribution in [3.05, 3.63) is 45.4 Å². The van der Waals surface area contributed by atoms with Crippen LogP contribution in [-0.4, -0.2) is 11.8 Å². The molecule has 0 aliphatic heterocycles. The zero-order valence-electron chi connectivity index (χ0n) is 9.20. The average Bonchev–Trinajstić information content (AvgIpc) is 2.69. The molecule has 1 aromatic carbocycles. The number of hydrogen-bond acceptors (Lipinski definition) is 2. The molecule has 2 rings (SSSR count). The Hall–Kier alpha value is -0.640. The maximum absolute atomic E-state index is 12.0. The summed E-state index contributed by atoms with van der Waals surface area (Å²) in [5.41, 5.74) is 6.60. The number of allylic oxidation sites excluding steroid dienone is 1. The highest BCUT2D eigenvalue weighted by Gasteiger charge is 2.23. The van der Waals surface area contributed by atoms with Crippen LogP contribution in [0.4, 0.5) is 0 Å². The molecule has 0 heterocycles. The maximum atomic E-state index is 12.0. The van der Waals surface area contributed by atoms with Crippen LogP contribution in [0.3, 0.4) is 0 Å². The lowest BCUT2D eigenvalue weighted by Crippen LogP contribution is -2.20. The zero-order valence-corrected chi connectivity index (χ0v) is 11.5. The predicted octanol–water partition coefficient (Wildman–Crippen LogP) is 3.12. The molecular weight excluding hydrogens is 302 g/mol. The first-order valence-electron chi connectivity index (χ1n) is 5.47. The van der Waals surface area contributed by atoms with Crippen molar-refractivity contribution in [3.63, 3.8) is 0 Å². The van der Waals surface area contributed by atoms with Crippen molar-refractivity contribution in [1.29, 1.82) is 0 Å². The van der Waals surface area contributed by atoms with Crippen LogP contribution in [0.1, 0.15) is 12.0 Å². The largest absolute Gasteiger partial charge is 0.324 e. The summed E-state index contributed by atoms with van der Waals surface area (Å²) in [5.74, 6) is 0.128. The Morgan fingerprint density at radius 2 is 2.24 bits per heavy atom. The van der Waals surface area contributed by atoms with E-state index in [1.54, 1.807) is 6.07 Å². The van der Waals surface area contributed by atoms with Crippen LogP contribution >= 0.6 is 27.5 Å². The number of benzene rings is 1. The van der Waals surface area contributed by atoms with Crippen LogP contribution in [-0.2, 0) is 11.2 Å². The van der Waals surface area contributed by atoms with Gasteiger partial charge in [-0.1, -0.05) is 45.7 Å². The molecule has 2 atom stereocenters. The summed E-state index contributed by atoms with van der Waals surface area (Å²) >= 11 is 9.42. The number of Topliss-reactive ketones (excluding diaryl/α,β-unsaturated/α-hetero) is 1. The highest BCUT2D eigenvalue weighted by molar-refractivity contribution is 9.10. The third-order valence-corrected chi connectivity index (χ3v) is 3.76. The molecule has 0 spiro atoms. The number of hydrogen-bond donors (Lipinski definition) is 1. The second kappa shape index (κ2) is 5.34. The van der Waals surface area contributed by atoms with Gasteiger partial charge in [0.1, 0.15) is 5.78 Å². The first-order valence-corrected chi connectivity index (χ1v) is 6.64. The second-order valence-corrected chi connectivity index (χ2v) is 5.59. The summed E-state index contributed by atoms with van der Waals surface area (Å²) < 4.78 is 0.918. The normalized spacial score (nSPS) is 23.0. The summed E-state index contributed by atoms with van der Waals surface area (Å²) in [4.78, 5) is 12.0. The first-order chi connectivity index (χ1) is 8.06. The number of carbonyl (C=O) groups is 1. The lowest BCUT2D eigenvalue weighted by molar-refractivity contribution is -0.120. The van der Waals surface area contributed by atoms with Gasteiger partial charge in [-0.2, -0.15) is 0 Å². The quantitative estimate of drug-likeness (QED) is 0.871. The van der Waals surface area contributed by atoms with Gasteiger partial charge in [0.15, 0.2) is 0 Å². The third-order valence-electron chi connectivity index (χ3n) is 2.91. The first kappa shape index (κ1) is 12.8. The van der Waals surface area contributed by atoms with E-state index in [9.17, 15) is 4.79 Å². The van der Waals surface area contributed by atoms with Crippen molar-refractivity contribution in [3.8, 4) is 0 Å². The molecule has 1 aromatic rings. The Bertz CT molecular complexity index is 472. The van der Waals surface area contributed by atoms with Crippen LogP contribution in [0, 0.1) is 5.92 Å². The molecule has 2 unspecified atom stereocenters. The number of halogens is 2. The van der Waals surface area contributed by atoms with Crippen LogP contribution in [0.2, 0.25) is 5.02 Å². The van der Waals surface area contributed by atoms with Crippen molar-refractivity contribution in [2.24, 2.45) is 11.7 Å². The molecule has 0 radical (unpaired) electrons. The molecule has 17 heavy (non-hydrogen) atoms. The molecule has 1 aliphatic rings. The molecule has 0 amide bonds. The smallest absolute Gasteiger partial charge is 0.144 e. The van der Waals surface area contributed by atoms with Crippen LogP contribution in [0.5, 0.6) is 0 Å². The van der Waals surface area contributed by atoms with Gasteiger partial charge in [0, 0.05) is 27.9 Å². The van der Waals surface area contributed by atoms with E-state index in [-0.39, 0.29) is 17.7 Å². The molecule has 0 bridgehead atoms. The molecule has 4 heteroatoms. The van der Waals surface area contributed by atoms with E-state index in [0.717, 1.165) is 10.0 Å². The average molecular weight is 315 g/mol.